The van der Waals surface area contributed by atoms with Gasteiger partial charge in [0.2, 0.25) is 0 Å². The molecule has 0 amide bonds. The van der Waals surface area contributed by atoms with Gasteiger partial charge in [-0.1, -0.05) is 15.9 Å². The van der Waals surface area contributed by atoms with Crippen LogP contribution in [0.5, 0.6) is 5.75 Å². The molecule has 0 aliphatic heterocycles. The van der Waals surface area contributed by atoms with Gasteiger partial charge < -0.3 is 9.29 Å². The number of ether oxygens (including phenoxy) is 1. The van der Waals surface area contributed by atoms with Crippen molar-refractivity contribution in [2.24, 2.45) is 0 Å². The molecule has 1 rings (SSSR count). The molecule has 0 heterocycles. The van der Waals surface area contributed by atoms with E-state index >= 15 is 0 Å². The second kappa shape index (κ2) is 6.16. The van der Waals surface area contributed by atoms with Crippen LogP contribution in [-0.2, 0) is 11.1 Å². The van der Waals surface area contributed by atoms with Crippen LogP contribution in [0.2, 0.25) is 0 Å². The third kappa shape index (κ3) is 3.69. The molecule has 1 aromatic rings. The van der Waals surface area contributed by atoms with E-state index in [2.05, 4.69) is 15.9 Å². The first-order valence-corrected chi connectivity index (χ1v) is 4.99. The monoisotopic (exact) mass is 273 g/mol. The van der Waals surface area contributed by atoms with E-state index in [1.165, 1.54) is 7.11 Å². The number of rotatable bonds is 2. The molecule has 0 aliphatic carbocycles. The van der Waals surface area contributed by atoms with Crippen LogP contribution in [0, 0.1) is 0 Å². The van der Waals surface area contributed by atoms with Crippen LogP contribution in [0.3, 0.4) is 0 Å². The number of hydrogen-bond donors (Lipinski definition) is 1. The quantitative estimate of drug-likeness (QED) is 0.659. The summed E-state index contributed by atoms with van der Waals surface area (Å²) in [5.41, 5.74) is 0. The van der Waals surface area contributed by atoms with Crippen molar-refractivity contribution >= 4 is 56.6 Å². The molecule has 0 bridgehead atoms. The molecule has 67 valence electrons. The van der Waals surface area contributed by atoms with E-state index in [-0.39, 0.29) is 34.5 Å². The Bertz CT molecular complexity index is 319. The molecular weight excluding hydrogens is 267 g/mol. The first-order chi connectivity index (χ1) is 5.65. The van der Waals surface area contributed by atoms with E-state index < -0.39 is 11.1 Å². The zero-order valence-electron chi connectivity index (χ0n) is 7.28. The smallest absolute Gasteiger partial charge is 0.190 e. The van der Waals surface area contributed by atoms with E-state index in [9.17, 15) is 4.21 Å². The molecule has 0 aliphatic rings. The van der Waals surface area contributed by atoms with E-state index in [0.717, 1.165) is 4.47 Å². The molecule has 0 fully saturated rings. The maximum Gasteiger partial charge on any atom is 0.190 e. The van der Waals surface area contributed by atoms with Gasteiger partial charge in [-0.3, -0.25) is 0 Å². The molecule has 13 heavy (non-hydrogen) atoms. The van der Waals surface area contributed by atoms with E-state index in [0.29, 0.717) is 5.75 Å². The number of hydrogen-bond acceptors (Lipinski definition) is 2. The summed E-state index contributed by atoms with van der Waals surface area (Å²) in [5, 5.41) is 0. The predicted molar refractivity (Wildman–Crippen MR) is 55.5 cm³/mol. The van der Waals surface area contributed by atoms with Crippen molar-refractivity contribution in [3.05, 3.63) is 22.7 Å². The standard InChI is InChI=1S/C7H7BrO3S.Na/c1-11-6-3-2-5(8)4-7(6)12(9)10;/h2-4H,1H3,(H,9,10);. The van der Waals surface area contributed by atoms with Gasteiger partial charge in [0, 0.05) is 34.0 Å². The molecule has 1 N–H and O–H groups in total. The summed E-state index contributed by atoms with van der Waals surface area (Å²) in [6.07, 6.45) is 0. The summed E-state index contributed by atoms with van der Waals surface area (Å²) >= 11 is 1.19. The Hall–Kier alpha value is 0.610. The van der Waals surface area contributed by atoms with E-state index in [4.69, 9.17) is 9.29 Å². The summed E-state index contributed by atoms with van der Waals surface area (Å²) in [6, 6.07) is 4.93. The molecule has 6 heteroatoms. The Morgan fingerprint density at radius 1 is 1.54 bits per heavy atom. The minimum absolute atomic E-state index is 0. The van der Waals surface area contributed by atoms with Crippen molar-refractivity contribution < 1.29 is 13.5 Å². The van der Waals surface area contributed by atoms with Gasteiger partial charge in [-0.05, 0) is 18.2 Å². The Balaban J connectivity index is 0.00000144. The Labute approximate surface area is 110 Å². The van der Waals surface area contributed by atoms with Crippen LogP contribution in [0.1, 0.15) is 0 Å². The SMILES string of the molecule is COc1ccc(Br)cc1S(=O)O.[Na]. The third-order valence-electron chi connectivity index (χ3n) is 1.31. The molecule has 1 atom stereocenters. The van der Waals surface area contributed by atoms with Crippen molar-refractivity contribution in [3.63, 3.8) is 0 Å². The second-order valence-corrected chi connectivity index (χ2v) is 3.90. The first kappa shape index (κ1) is 13.6. The van der Waals surface area contributed by atoms with Gasteiger partial charge in [-0.2, -0.15) is 0 Å². The summed E-state index contributed by atoms with van der Waals surface area (Å²) in [6.45, 7) is 0. The molecule has 1 radical (unpaired) electrons. The first-order valence-electron chi connectivity index (χ1n) is 3.09. The molecule has 1 unspecified atom stereocenters. The van der Waals surface area contributed by atoms with Crippen LogP contribution in [0.15, 0.2) is 27.6 Å². The van der Waals surface area contributed by atoms with Gasteiger partial charge in [-0.15, -0.1) is 0 Å². The largest absolute Gasteiger partial charge is 0.495 e. The summed E-state index contributed by atoms with van der Waals surface area (Å²) < 4.78 is 25.2. The Morgan fingerprint density at radius 2 is 2.15 bits per heavy atom. The molecule has 0 spiro atoms. The number of benzene rings is 1. The Morgan fingerprint density at radius 3 is 2.62 bits per heavy atom. The fourth-order valence-electron chi connectivity index (χ4n) is 0.787. The van der Waals surface area contributed by atoms with Crippen LogP contribution in [-0.4, -0.2) is 45.4 Å². The number of methoxy groups -OCH3 is 1. The fraction of sp³-hybridized carbons (Fsp3) is 0.143. The molecule has 1 aromatic carbocycles. The Kier molecular flexibility index (Phi) is 6.45. The van der Waals surface area contributed by atoms with Crippen LogP contribution >= 0.6 is 15.9 Å². The zero-order chi connectivity index (χ0) is 9.14. The van der Waals surface area contributed by atoms with Crippen molar-refractivity contribution in [1.82, 2.24) is 0 Å². The van der Waals surface area contributed by atoms with Crippen molar-refractivity contribution in [2.45, 2.75) is 4.90 Å². The third-order valence-corrected chi connectivity index (χ3v) is 2.50. The van der Waals surface area contributed by atoms with Crippen molar-refractivity contribution in [1.29, 1.82) is 0 Å². The van der Waals surface area contributed by atoms with Crippen LogP contribution < -0.4 is 4.74 Å². The average molecular weight is 274 g/mol. The maximum absolute atomic E-state index is 10.7. The van der Waals surface area contributed by atoms with E-state index in [1.807, 2.05) is 0 Å². The van der Waals surface area contributed by atoms with Gasteiger partial charge in [0.1, 0.15) is 10.6 Å². The second-order valence-electron chi connectivity index (χ2n) is 2.04. The molecule has 0 aromatic heterocycles. The minimum atomic E-state index is -2.01. The predicted octanol–water partition coefficient (Wildman–Crippen LogP) is 1.66. The van der Waals surface area contributed by atoms with Gasteiger partial charge in [0.25, 0.3) is 0 Å². The molecule has 0 saturated carbocycles. The minimum Gasteiger partial charge on any atom is -0.495 e. The van der Waals surface area contributed by atoms with Gasteiger partial charge in [0.15, 0.2) is 11.1 Å². The normalized spacial score (nSPS) is 11.6. The van der Waals surface area contributed by atoms with E-state index in [1.54, 1.807) is 18.2 Å². The van der Waals surface area contributed by atoms with Crippen LogP contribution in [0.25, 0.3) is 0 Å². The summed E-state index contributed by atoms with van der Waals surface area (Å²) in [5.74, 6) is 0.416. The van der Waals surface area contributed by atoms with Gasteiger partial charge >= 0.3 is 0 Å². The zero-order valence-corrected chi connectivity index (χ0v) is 11.7. The van der Waals surface area contributed by atoms with Crippen LogP contribution in [0.4, 0.5) is 0 Å². The molecule has 0 saturated heterocycles. The van der Waals surface area contributed by atoms with Crippen molar-refractivity contribution in [3.8, 4) is 5.75 Å². The molecular formula is C7H7BrNaO3S. The maximum atomic E-state index is 10.7. The summed E-state index contributed by atoms with van der Waals surface area (Å²) in [4.78, 5) is 0.270. The fourth-order valence-corrected chi connectivity index (χ4v) is 1.85. The van der Waals surface area contributed by atoms with Crippen molar-refractivity contribution in [2.75, 3.05) is 7.11 Å². The summed E-state index contributed by atoms with van der Waals surface area (Å²) in [7, 11) is 1.46. The molecule has 3 nitrogen and oxygen atoms in total. The van der Waals surface area contributed by atoms with Gasteiger partial charge in [-0.25, -0.2) is 4.21 Å². The number of halogens is 1. The van der Waals surface area contributed by atoms with Gasteiger partial charge in [0.05, 0.1) is 7.11 Å². The average Bonchev–Trinajstić information content (AvgIpc) is 2.04. The topological polar surface area (TPSA) is 46.5 Å².